The Morgan fingerprint density at radius 1 is 1.44 bits per heavy atom. The first kappa shape index (κ1) is 12.8. The molecule has 18 heavy (non-hydrogen) atoms. The summed E-state index contributed by atoms with van der Waals surface area (Å²) in [6.45, 7) is 2.10. The Balaban J connectivity index is 1.91. The Labute approximate surface area is 107 Å². The van der Waals surface area contributed by atoms with E-state index in [9.17, 15) is 4.79 Å². The van der Waals surface area contributed by atoms with Gasteiger partial charge in [0.2, 0.25) is 0 Å². The number of rotatable bonds is 6. The van der Waals surface area contributed by atoms with Crippen molar-refractivity contribution in [1.29, 1.82) is 0 Å². The van der Waals surface area contributed by atoms with Gasteiger partial charge in [0.05, 0.1) is 0 Å². The van der Waals surface area contributed by atoms with Crippen LogP contribution in [-0.4, -0.2) is 29.2 Å². The molecule has 1 heterocycles. The molecule has 1 aromatic rings. The van der Waals surface area contributed by atoms with Crippen LogP contribution < -0.4 is 10.6 Å². The third-order valence-corrected chi connectivity index (χ3v) is 3.30. The topological polar surface area (TPSA) is 66.9 Å². The van der Waals surface area contributed by atoms with Crippen molar-refractivity contribution in [3.8, 4) is 0 Å². The predicted molar refractivity (Wildman–Crippen MR) is 70.5 cm³/mol. The number of aromatic nitrogens is 2. The fraction of sp³-hybridized carbons (Fsp3) is 0.615. The fourth-order valence-corrected chi connectivity index (χ4v) is 1.93. The molecule has 0 spiro atoms. The van der Waals surface area contributed by atoms with Gasteiger partial charge in [-0.15, -0.1) is 10.2 Å². The standard InChI is InChI=1S/C13H20N4O/c1-3-10(8-9-4-5-9)15-13(18)11-6-7-12(14-2)17-16-11/h6-7,9-10H,3-5,8H2,1-2H3,(H,14,17)(H,15,18). The summed E-state index contributed by atoms with van der Waals surface area (Å²) in [5.74, 6) is 1.35. The van der Waals surface area contributed by atoms with Crippen LogP contribution in [0.5, 0.6) is 0 Å². The van der Waals surface area contributed by atoms with E-state index >= 15 is 0 Å². The third-order valence-electron chi connectivity index (χ3n) is 3.30. The molecule has 1 aliphatic rings. The van der Waals surface area contributed by atoms with Crippen molar-refractivity contribution in [2.45, 2.75) is 38.6 Å². The SMILES string of the molecule is CCC(CC1CC1)NC(=O)c1ccc(NC)nn1. The molecule has 1 unspecified atom stereocenters. The Bertz CT molecular complexity index is 400. The zero-order valence-electron chi connectivity index (χ0n) is 10.9. The van der Waals surface area contributed by atoms with Gasteiger partial charge in [-0.05, 0) is 30.9 Å². The Morgan fingerprint density at radius 3 is 2.72 bits per heavy atom. The van der Waals surface area contributed by atoms with Crippen LogP contribution in [0.3, 0.4) is 0 Å². The van der Waals surface area contributed by atoms with E-state index in [1.165, 1.54) is 12.8 Å². The van der Waals surface area contributed by atoms with E-state index in [2.05, 4.69) is 27.8 Å². The second-order valence-electron chi connectivity index (χ2n) is 4.81. The molecule has 1 atom stereocenters. The summed E-state index contributed by atoms with van der Waals surface area (Å²) in [7, 11) is 1.77. The summed E-state index contributed by atoms with van der Waals surface area (Å²) in [5.41, 5.74) is 0.378. The van der Waals surface area contributed by atoms with Gasteiger partial charge in [0.1, 0.15) is 5.82 Å². The highest BCUT2D eigenvalue weighted by Crippen LogP contribution is 2.34. The van der Waals surface area contributed by atoms with Crippen molar-refractivity contribution < 1.29 is 4.79 Å². The summed E-state index contributed by atoms with van der Waals surface area (Å²) < 4.78 is 0. The van der Waals surface area contributed by atoms with E-state index in [4.69, 9.17) is 0 Å². The van der Waals surface area contributed by atoms with Crippen molar-refractivity contribution in [3.63, 3.8) is 0 Å². The maximum atomic E-state index is 12.0. The molecule has 1 saturated carbocycles. The Hall–Kier alpha value is -1.65. The van der Waals surface area contributed by atoms with Gasteiger partial charge in [-0.1, -0.05) is 19.8 Å². The van der Waals surface area contributed by atoms with Crippen molar-refractivity contribution in [1.82, 2.24) is 15.5 Å². The van der Waals surface area contributed by atoms with Crippen molar-refractivity contribution in [3.05, 3.63) is 17.8 Å². The van der Waals surface area contributed by atoms with Crippen molar-refractivity contribution in [2.24, 2.45) is 5.92 Å². The van der Waals surface area contributed by atoms with E-state index in [0.717, 1.165) is 18.8 Å². The van der Waals surface area contributed by atoms with Gasteiger partial charge in [-0.3, -0.25) is 4.79 Å². The molecule has 2 N–H and O–H groups in total. The quantitative estimate of drug-likeness (QED) is 0.806. The molecular formula is C13H20N4O. The first-order valence-electron chi connectivity index (χ1n) is 6.55. The summed E-state index contributed by atoms with van der Waals surface area (Å²) >= 11 is 0. The lowest BCUT2D eigenvalue weighted by molar-refractivity contribution is 0.0926. The minimum absolute atomic E-state index is 0.127. The first-order chi connectivity index (χ1) is 8.72. The van der Waals surface area contributed by atoms with E-state index in [1.807, 2.05) is 0 Å². The van der Waals surface area contributed by atoms with Crippen LogP contribution in [0.1, 0.15) is 43.1 Å². The fourth-order valence-electron chi connectivity index (χ4n) is 1.93. The van der Waals surface area contributed by atoms with Crippen LogP contribution in [-0.2, 0) is 0 Å². The number of hydrogen-bond donors (Lipinski definition) is 2. The minimum Gasteiger partial charge on any atom is -0.372 e. The number of nitrogens with zero attached hydrogens (tertiary/aromatic N) is 2. The van der Waals surface area contributed by atoms with Gasteiger partial charge in [0.15, 0.2) is 5.69 Å². The molecule has 2 rings (SSSR count). The normalized spacial score (nSPS) is 16.1. The lowest BCUT2D eigenvalue weighted by Crippen LogP contribution is -2.35. The van der Waals surface area contributed by atoms with Crippen LogP contribution in [0.4, 0.5) is 5.82 Å². The molecule has 1 aromatic heterocycles. The van der Waals surface area contributed by atoms with Gasteiger partial charge in [-0.2, -0.15) is 0 Å². The second-order valence-corrected chi connectivity index (χ2v) is 4.81. The van der Waals surface area contributed by atoms with E-state index < -0.39 is 0 Å². The van der Waals surface area contributed by atoms with Gasteiger partial charge in [-0.25, -0.2) is 0 Å². The van der Waals surface area contributed by atoms with Gasteiger partial charge in [0.25, 0.3) is 5.91 Å². The van der Waals surface area contributed by atoms with E-state index in [1.54, 1.807) is 19.2 Å². The monoisotopic (exact) mass is 248 g/mol. The molecule has 5 nitrogen and oxygen atoms in total. The van der Waals surface area contributed by atoms with E-state index in [-0.39, 0.29) is 11.9 Å². The van der Waals surface area contributed by atoms with Crippen molar-refractivity contribution >= 4 is 11.7 Å². The molecule has 0 aromatic carbocycles. The minimum atomic E-state index is -0.127. The molecule has 0 radical (unpaired) electrons. The maximum Gasteiger partial charge on any atom is 0.272 e. The summed E-state index contributed by atoms with van der Waals surface area (Å²) in [6.07, 6.45) is 4.67. The molecule has 0 saturated heterocycles. The number of carbonyl (C=O) groups is 1. The second kappa shape index (κ2) is 5.80. The maximum absolute atomic E-state index is 12.0. The number of nitrogens with one attached hydrogen (secondary N) is 2. The molecule has 98 valence electrons. The number of hydrogen-bond acceptors (Lipinski definition) is 4. The summed E-state index contributed by atoms with van der Waals surface area (Å²) in [5, 5.41) is 13.7. The molecule has 1 fully saturated rings. The third kappa shape index (κ3) is 3.42. The lowest BCUT2D eigenvalue weighted by Gasteiger charge is -2.16. The number of amides is 1. The highest BCUT2D eigenvalue weighted by Gasteiger charge is 2.25. The number of carbonyl (C=O) groups excluding carboxylic acids is 1. The zero-order valence-corrected chi connectivity index (χ0v) is 10.9. The highest BCUT2D eigenvalue weighted by atomic mass is 16.2. The first-order valence-corrected chi connectivity index (χ1v) is 6.55. The Kier molecular flexibility index (Phi) is 4.12. The average molecular weight is 248 g/mol. The van der Waals surface area contributed by atoms with Gasteiger partial charge >= 0.3 is 0 Å². The highest BCUT2D eigenvalue weighted by molar-refractivity contribution is 5.92. The molecule has 0 aliphatic heterocycles. The van der Waals surface area contributed by atoms with Crippen LogP contribution in [0.2, 0.25) is 0 Å². The molecular weight excluding hydrogens is 228 g/mol. The molecule has 1 aliphatic carbocycles. The predicted octanol–water partition coefficient (Wildman–Crippen LogP) is 1.83. The largest absolute Gasteiger partial charge is 0.372 e. The average Bonchev–Trinajstić information content (AvgIpc) is 3.22. The summed E-state index contributed by atoms with van der Waals surface area (Å²) in [6, 6.07) is 3.71. The molecule has 0 bridgehead atoms. The Morgan fingerprint density at radius 2 is 2.22 bits per heavy atom. The lowest BCUT2D eigenvalue weighted by atomic mass is 10.1. The smallest absolute Gasteiger partial charge is 0.272 e. The number of anilines is 1. The molecule has 1 amide bonds. The van der Waals surface area contributed by atoms with E-state index in [0.29, 0.717) is 11.5 Å². The van der Waals surface area contributed by atoms with Crippen LogP contribution >= 0.6 is 0 Å². The van der Waals surface area contributed by atoms with Gasteiger partial charge in [0, 0.05) is 13.1 Å². The zero-order chi connectivity index (χ0) is 13.0. The molecule has 5 heteroatoms. The summed E-state index contributed by atoms with van der Waals surface area (Å²) in [4.78, 5) is 12.0. The van der Waals surface area contributed by atoms with Crippen LogP contribution in [0.25, 0.3) is 0 Å². The van der Waals surface area contributed by atoms with Crippen LogP contribution in [0, 0.1) is 5.92 Å². The van der Waals surface area contributed by atoms with Crippen LogP contribution in [0.15, 0.2) is 12.1 Å². The van der Waals surface area contributed by atoms with Crippen molar-refractivity contribution in [2.75, 3.05) is 12.4 Å². The van der Waals surface area contributed by atoms with Gasteiger partial charge < -0.3 is 10.6 Å².